The van der Waals surface area contributed by atoms with E-state index >= 15 is 0 Å². The van der Waals surface area contributed by atoms with E-state index in [0.29, 0.717) is 22.4 Å². The Labute approximate surface area is 224 Å². The van der Waals surface area contributed by atoms with Crippen molar-refractivity contribution in [2.24, 2.45) is 29.4 Å². The van der Waals surface area contributed by atoms with Crippen molar-refractivity contribution in [3.05, 3.63) is 47.0 Å². The molecule has 4 N–H and O–H groups in total. The molecule has 0 aliphatic heterocycles. The van der Waals surface area contributed by atoms with Crippen LogP contribution in [0, 0.1) is 30.6 Å². The number of likely N-dealkylation sites (N-methyl/N-ethyl adjacent to an activating group) is 1. The van der Waals surface area contributed by atoms with Gasteiger partial charge in [0.25, 0.3) is 0 Å². The standard InChI is InChI=1S/C29H30N2O8/c1-12-5-8-19(39-4)15(9-12)14-6-7-18(32)21-16(14)10-13-11-17-23(31(2)3)25(34)22(28(30)37)27(36)29(17,38)26(35)20(13)24(21)33/h5-9,13,17,20,22-23,32,38H,10-11H2,1-4H3,(H2,30,37). The van der Waals surface area contributed by atoms with E-state index in [2.05, 4.69) is 0 Å². The number of aryl methyl sites for hydroxylation is 1. The average Bonchev–Trinajstić information content (AvgIpc) is 2.86. The number of phenols is 1. The third kappa shape index (κ3) is 3.65. The Morgan fingerprint density at radius 3 is 2.38 bits per heavy atom. The first-order valence-corrected chi connectivity index (χ1v) is 12.7. The molecule has 2 fully saturated rings. The SMILES string of the molecule is COc1ccc(C)cc1-c1ccc(O)c2c1CC1CC3C(N(C)C)C(=O)C(C(N)=O)C(=O)C3(O)C(=O)C1C2=O. The highest BCUT2D eigenvalue weighted by molar-refractivity contribution is 6.32. The summed E-state index contributed by atoms with van der Waals surface area (Å²) in [4.78, 5) is 68.0. The lowest BCUT2D eigenvalue weighted by atomic mass is 9.52. The Kier molecular flexibility index (Phi) is 6.23. The van der Waals surface area contributed by atoms with E-state index in [0.717, 1.165) is 5.56 Å². The molecule has 3 aliphatic carbocycles. The molecular formula is C29H30N2O8. The Morgan fingerprint density at radius 2 is 1.77 bits per heavy atom. The molecule has 6 atom stereocenters. The van der Waals surface area contributed by atoms with Gasteiger partial charge in [-0.2, -0.15) is 0 Å². The van der Waals surface area contributed by atoms with Crippen LogP contribution < -0.4 is 10.5 Å². The summed E-state index contributed by atoms with van der Waals surface area (Å²) in [6.07, 6.45) is 0.163. The highest BCUT2D eigenvalue weighted by Crippen LogP contribution is 2.52. The van der Waals surface area contributed by atoms with Crippen LogP contribution in [0.25, 0.3) is 11.1 Å². The van der Waals surface area contributed by atoms with Crippen LogP contribution in [0.5, 0.6) is 11.5 Å². The monoisotopic (exact) mass is 534 g/mol. The molecule has 0 radical (unpaired) electrons. The number of aliphatic hydroxyl groups is 1. The highest BCUT2D eigenvalue weighted by Gasteiger charge is 2.69. The van der Waals surface area contributed by atoms with Crippen LogP contribution in [0.15, 0.2) is 30.3 Å². The molecule has 39 heavy (non-hydrogen) atoms. The van der Waals surface area contributed by atoms with Gasteiger partial charge in [-0.15, -0.1) is 0 Å². The maximum absolute atomic E-state index is 13.9. The van der Waals surface area contributed by atoms with Crippen molar-refractivity contribution in [3.8, 4) is 22.6 Å². The van der Waals surface area contributed by atoms with Gasteiger partial charge in [0.2, 0.25) is 5.91 Å². The van der Waals surface area contributed by atoms with E-state index < -0.39 is 64.4 Å². The number of ether oxygens (including phenoxy) is 1. The predicted molar refractivity (Wildman–Crippen MR) is 138 cm³/mol. The second-order valence-corrected chi connectivity index (χ2v) is 11.0. The van der Waals surface area contributed by atoms with E-state index in [1.807, 2.05) is 19.1 Å². The number of methoxy groups -OCH3 is 1. The zero-order valence-electron chi connectivity index (χ0n) is 22.1. The fourth-order valence-corrected chi connectivity index (χ4v) is 6.89. The molecule has 204 valence electrons. The molecule has 0 aromatic heterocycles. The summed E-state index contributed by atoms with van der Waals surface area (Å²) in [5.41, 5.74) is 5.38. The minimum Gasteiger partial charge on any atom is -0.507 e. The molecule has 1 amide bonds. The molecule has 0 spiro atoms. The number of nitrogens with zero attached hydrogens (tertiary/aromatic N) is 1. The van der Waals surface area contributed by atoms with Crippen molar-refractivity contribution in [1.82, 2.24) is 4.90 Å². The Balaban J connectivity index is 1.68. The minimum absolute atomic E-state index is 0.00998. The lowest BCUT2D eigenvalue weighted by molar-refractivity contribution is -0.181. The van der Waals surface area contributed by atoms with E-state index in [-0.39, 0.29) is 24.2 Å². The van der Waals surface area contributed by atoms with Crippen LogP contribution in [0.3, 0.4) is 0 Å². The van der Waals surface area contributed by atoms with Crippen LogP contribution in [0.2, 0.25) is 0 Å². The molecule has 2 saturated carbocycles. The zero-order valence-corrected chi connectivity index (χ0v) is 22.1. The summed E-state index contributed by atoms with van der Waals surface area (Å²) >= 11 is 0. The quantitative estimate of drug-likeness (QED) is 0.482. The molecule has 0 heterocycles. The predicted octanol–water partition coefficient (Wildman–Crippen LogP) is 0.851. The number of primary amides is 1. The van der Waals surface area contributed by atoms with Crippen LogP contribution in [0.4, 0.5) is 0 Å². The van der Waals surface area contributed by atoms with Crippen LogP contribution in [-0.4, -0.2) is 77.0 Å². The number of carbonyl (C=O) groups is 5. The topological polar surface area (TPSA) is 164 Å². The number of hydrogen-bond acceptors (Lipinski definition) is 9. The summed E-state index contributed by atoms with van der Waals surface area (Å²) in [6.45, 7) is 1.91. The maximum Gasteiger partial charge on any atom is 0.235 e. The number of carbonyl (C=O) groups excluding carboxylic acids is 5. The number of rotatable bonds is 4. The first kappa shape index (κ1) is 26.7. The summed E-state index contributed by atoms with van der Waals surface area (Å²) < 4.78 is 5.55. The molecule has 3 aliphatic rings. The number of phenolic OH excluding ortho intramolecular Hbond substituents is 1. The van der Waals surface area contributed by atoms with Crippen molar-refractivity contribution >= 4 is 29.0 Å². The maximum atomic E-state index is 13.9. The fourth-order valence-electron chi connectivity index (χ4n) is 6.89. The zero-order chi connectivity index (χ0) is 28.5. The van der Waals surface area contributed by atoms with Crippen LogP contribution >= 0.6 is 0 Å². The fraction of sp³-hybridized carbons (Fsp3) is 0.414. The second kappa shape index (κ2) is 9.10. The molecule has 2 aromatic carbocycles. The number of ketones is 4. The van der Waals surface area contributed by atoms with Crippen molar-refractivity contribution in [1.29, 1.82) is 0 Å². The lowest BCUT2D eigenvalue weighted by Crippen LogP contribution is -2.74. The van der Waals surface area contributed by atoms with Gasteiger partial charge in [0.05, 0.1) is 24.6 Å². The number of hydrogen-bond donors (Lipinski definition) is 3. The van der Waals surface area contributed by atoms with Gasteiger partial charge in [-0.3, -0.25) is 28.9 Å². The smallest absolute Gasteiger partial charge is 0.235 e. The molecule has 2 aromatic rings. The second-order valence-electron chi connectivity index (χ2n) is 11.0. The molecular weight excluding hydrogens is 504 g/mol. The third-order valence-electron chi connectivity index (χ3n) is 8.59. The number of benzene rings is 2. The van der Waals surface area contributed by atoms with Gasteiger partial charge in [-0.1, -0.05) is 17.7 Å². The Hall–Kier alpha value is -3.89. The number of aromatic hydroxyl groups is 1. The molecule has 0 saturated heterocycles. The largest absolute Gasteiger partial charge is 0.507 e. The van der Waals surface area contributed by atoms with Gasteiger partial charge < -0.3 is 20.7 Å². The molecule has 0 bridgehead atoms. The number of fused-ring (bicyclic) bond motifs is 3. The van der Waals surface area contributed by atoms with E-state index in [9.17, 15) is 34.2 Å². The van der Waals surface area contributed by atoms with Gasteiger partial charge in [-0.05, 0) is 69.1 Å². The van der Waals surface area contributed by atoms with Gasteiger partial charge in [0.15, 0.2) is 34.7 Å². The van der Waals surface area contributed by atoms with Crippen LogP contribution in [-0.2, 0) is 25.6 Å². The third-order valence-corrected chi connectivity index (χ3v) is 8.59. The summed E-state index contributed by atoms with van der Waals surface area (Å²) in [6, 6.07) is 7.50. The first-order chi connectivity index (χ1) is 18.3. The summed E-state index contributed by atoms with van der Waals surface area (Å²) in [5, 5.41) is 22.4. The highest BCUT2D eigenvalue weighted by atomic mass is 16.5. The number of nitrogens with two attached hydrogens (primary N) is 1. The Morgan fingerprint density at radius 1 is 1.08 bits per heavy atom. The number of amides is 1. The molecule has 10 heteroatoms. The Bertz CT molecular complexity index is 1460. The average molecular weight is 535 g/mol. The van der Waals surface area contributed by atoms with Crippen LogP contribution in [0.1, 0.15) is 27.9 Å². The van der Waals surface area contributed by atoms with E-state index in [4.69, 9.17) is 10.5 Å². The number of Topliss-reactive ketones (excluding diaryl/α,β-unsaturated/α-hetero) is 4. The molecule has 6 unspecified atom stereocenters. The summed E-state index contributed by atoms with van der Waals surface area (Å²) in [7, 11) is 4.63. The van der Waals surface area contributed by atoms with Crippen molar-refractivity contribution in [3.63, 3.8) is 0 Å². The van der Waals surface area contributed by atoms with E-state index in [1.54, 1.807) is 26.2 Å². The van der Waals surface area contributed by atoms with Gasteiger partial charge >= 0.3 is 0 Å². The molecule has 10 nitrogen and oxygen atoms in total. The van der Waals surface area contributed by atoms with Gasteiger partial charge in [0.1, 0.15) is 11.5 Å². The van der Waals surface area contributed by atoms with Gasteiger partial charge in [-0.25, -0.2) is 0 Å². The normalized spacial score (nSPS) is 30.1. The lowest BCUT2D eigenvalue weighted by Gasteiger charge is -2.52. The van der Waals surface area contributed by atoms with Crippen molar-refractivity contribution < 1.29 is 38.9 Å². The first-order valence-electron chi connectivity index (χ1n) is 12.7. The van der Waals surface area contributed by atoms with E-state index in [1.165, 1.54) is 18.1 Å². The van der Waals surface area contributed by atoms with Crippen molar-refractivity contribution in [2.75, 3.05) is 21.2 Å². The van der Waals surface area contributed by atoms with Crippen molar-refractivity contribution in [2.45, 2.75) is 31.4 Å². The minimum atomic E-state index is -2.75. The molecule has 5 rings (SSSR count). The summed E-state index contributed by atoms with van der Waals surface area (Å²) in [5.74, 6) is -10.1. The van der Waals surface area contributed by atoms with Gasteiger partial charge in [0, 0.05) is 11.5 Å².